The molecule has 1 N–H and O–H groups in total. The van der Waals surface area contributed by atoms with Gasteiger partial charge in [-0.3, -0.25) is 9.36 Å². The molecule has 0 saturated heterocycles. The maximum Gasteiger partial charge on any atom is 0.338 e. The van der Waals surface area contributed by atoms with Crippen LogP contribution in [0.3, 0.4) is 0 Å². The van der Waals surface area contributed by atoms with Gasteiger partial charge in [0.1, 0.15) is 17.3 Å². The summed E-state index contributed by atoms with van der Waals surface area (Å²) in [5.74, 6) is -0.0858. The molecule has 0 unspecified atom stereocenters. The lowest BCUT2D eigenvalue weighted by atomic mass is 9.93. The van der Waals surface area contributed by atoms with Crippen molar-refractivity contribution in [3.8, 4) is 17.1 Å². The number of aromatic nitrogens is 1. The van der Waals surface area contributed by atoms with Gasteiger partial charge in [0.2, 0.25) is 0 Å². The standard InChI is InChI=1S/C35H28N2O7S/c1-4-43-34(41)29-30(21-8-6-5-7-9-21)36-35-37(31(29)22-12-14-24(42-3)15-13-22)32(38)28(45-35)19-25-16-17-27(44-25)26-18-23(33(39)40)11-10-20(26)2/h5-19,31H,4H2,1-3H3,(H,39,40)/b28-19-/t31-/m0/s1. The molecule has 1 aliphatic rings. The number of carboxylic acids is 1. The number of ether oxygens (including phenoxy) is 2. The first-order chi connectivity index (χ1) is 21.8. The first kappa shape index (κ1) is 29.6. The summed E-state index contributed by atoms with van der Waals surface area (Å²) in [5, 5.41) is 9.44. The molecular formula is C35H28N2O7S. The van der Waals surface area contributed by atoms with Crippen molar-refractivity contribution in [2.75, 3.05) is 13.7 Å². The van der Waals surface area contributed by atoms with Gasteiger partial charge in [-0.15, -0.1) is 0 Å². The molecule has 0 fully saturated rings. The summed E-state index contributed by atoms with van der Waals surface area (Å²) in [7, 11) is 1.57. The van der Waals surface area contributed by atoms with Crippen LogP contribution in [0.5, 0.6) is 5.75 Å². The Hall–Kier alpha value is -5.48. The normalized spacial score (nSPS) is 14.6. The molecule has 6 rings (SSSR count). The van der Waals surface area contributed by atoms with Gasteiger partial charge >= 0.3 is 11.9 Å². The number of hydrogen-bond acceptors (Lipinski definition) is 8. The molecule has 0 radical (unpaired) electrons. The lowest BCUT2D eigenvalue weighted by molar-refractivity contribution is -0.138. The monoisotopic (exact) mass is 620 g/mol. The molecule has 1 aliphatic heterocycles. The average Bonchev–Trinajstić information content (AvgIpc) is 3.64. The summed E-state index contributed by atoms with van der Waals surface area (Å²) in [6.07, 6.45) is 1.63. The van der Waals surface area contributed by atoms with Gasteiger partial charge in [0.15, 0.2) is 4.80 Å². The zero-order valence-corrected chi connectivity index (χ0v) is 25.5. The first-order valence-corrected chi connectivity index (χ1v) is 15.0. The van der Waals surface area contributed by atoms with Gasteiger partial charge < -0.3 is 19.0 Å². The van der Waals surface area contributed by atoms with Gasteiger partial charge in [-0.1, -0.05) is 59.9 Å². The van der Waals surface area contributed by atoms with Crippen LogP contribution in [-0.2, 0) is 9.53 Å². The van der Waals surface area contributed by atoms with Crippen molar-refractivity contribution in [1.29, 1.82) is 0 Å². The molecule has 3 aromatic carbocycles. The van der Waals surface area contributed by atoms with Crippen molar-refractivity contribution in [2.24, 2.45) is 4.99 Å². The second kappa shape index (κ2) is 12.3. The van der Waals surface area contributed by atoms with Crippen molar-refractivity contribution in [2.45, 2.75) is 19.9 Å². The Morgan fingerprint density at radius 1 is 1.04 bits per heavy atom. The largest absolute Gasteiger partial charge is 0.497 e. The zero-order chi connectivity index (χ0) is 31.7. The fourth-order valence-electron chi connectivity index (χ4n) is 5.27. The number of benzene rings is 3. The molecule has 5 aromatic rings. The number of esters is 1. The van der Waals surface area contributed by atoms with Crippen LogP contribution in [0.25, 0.3) is 23.1 Å². The van der Waals surface area contributed by atoms with E-state index in [2.05, 4.69) is 0 Å². The Kier molecular flexibility index (Phi) is 8.06. The Morgan fingerprint density at radius 3 is 2.49 bits per heavy atom. The number of carbonyl (C=O) groups excluding carboxylic acids is 1. The van der Waals surface area contributed by atoms with Gasteiger partial charge in [-0.2, -0.15) is 0 Å². The topological polar surface area (TPSA) is 120 Å². The van der Waals surface area contributed by atoms with E-state index in [1.807, 2.05) is 49.4 Å². The number of furan rings is 1. The quantitative estimate of drug-likeness (QED) is 0.237. The number of thiazole rings is 1. The fourth-order valence-corrected chi connectivity index (χ4v) is 6.25. The van der Waals surface area contributed by atoms with E-state index in [9.17, 15) is 19.5 Å². The maximum absolute atomic E-state index is 14.1. The zero-order valence-electron chi connectivity index (χ0n) is 24.6. The van der Waals surface area contributed by atoms with Crippen molar-refractivity contribution in [3.63, 3.8) is 0 Å². The van der Waals surface area contributed by atoms with Crippen LogP contribution >= 0.6 is 11.3 Å². The summed E-state index contributed by atoms with van der Waals surface area (Å²) < 4.78 is 18.8. The molecule has 9 nitrogen and oxygen atoms in total. The van der Waals surface area contributed by atoms with Gasteiger partial charge in [0.05, 0.1) is 41.1 Å². The molecule has 45 heavy (non-hydrogen) atoms. The molecule has 1 atom stereocenters. The van der Waals surface area contributed by atoms with Crippen LogP contribution < -0.4 is 19.6 Å². The van der Waals surface area contributed by atoms with E-state index in [4.69, 9.17) is 18.9 Å². The number of fused-ring (bicyclic) bond motifs is 1. The van der Waals surface area contributed by atoms with Crippen LogP contribution in [-0.4, -0.2) is 35.3 Å². The number of rotatable bonds is 8. The second-order valence-electron chi connectivity index (χ2n) is 10.2. The molecule has 3 heterocycles. The Labute approximate surface area is 261 Å². The Morgan fingerprint density at radius 2 is 1.80 bits per heavy atom. The van der Waals surface area contributed by atoms with Gasteiger partial charge in [0, 0.05) is 17.2 Å². The van der Waals surface area contributed by atoms with Crippen LogP contribution in [0.2, 0.25) is 0 Å². The minimum atomic E-state index is -1.03. The first-order valence-electron chi connectivity index (χ1n) is 14.2. The molecule has 0 spiro atoms. The fraction of sp³-hybridized carbons (Fsp3) is 0.143. The van der Waals surface area contributed by atoms with Gasteiger partial charge in [-0.25, -0.2) is 14.6 Å². The van der Waals surface area contributed by atoms with Crippen LogP contribution in [0.4, 0.5) is 0 Å². The van der Waals surface area contributed by atoms with Gasteiger partial charge in [-0.05, 0) is 61.4 Å². The number of methoxy groups -OCH3 is 1. The summed E-state index contributed by atoms with van der Waals surface area (Å²) >= 11 is 1.18. The van der Waals surface area contributed by atoms with Gasteiger partial charge in [0.25, 0.3) is 5.56 Å². The van der Waals surface area contributed by atoms with Crippen molar-refractivity contribution in [3.05, 3.63) is 138 Å². The third-order valence-corrected chi connectivity index (χ3v) is 8.44. The van der Waals surface area contributed by atoms with Crippen molar-refractivity contribution in [1.82, 2.24) is 4.57 Å². The highest BCUT2D eigenvalue weighted by molar-refractivity contribution is 7.07. The number of nitrogens with zero attached hydrogens (tertiary/aromatic N) is 2. The van der Waals surface area contributed by atoms with Crippen molar-refractivity contribution < 1.29 is 28.6 Å². The lowest BCUT2D eigenvalue weighted by Gasteiger charge is -2.26. The van der Waals surface area contributed by atoms with E-state index in [1.54, 1.807) is 62.6 Å². The number of aryl methyl sites for hydroxylation is 1. The highest BCUT2D eigenvalue weighted by Gasteiger charge is 2.35. The van der Waals surface area contributed by atoms with E-state index in [0.29, 0.717) is 49.0 Å². The smallest absolute Gasteiger partial charge is 0.338 e. The number of carboxylic acid groups (broad SMARTS) is 1. The second-order valence-corrected chi connectivity index (χ2v) is 11.3. The molecule has 0 saturated carbocycles. The van der Waals surface area contributed by atoms with E-state index < -0.39 is 18.0 Å². The van der Waals surface area contributed by atoms with Crippen LogP contribution in [0.15, 0.2) is 105 Å². The maximum atomic E-state index is 14.1. The van der Waals surface area contributed by atoms with E-state index >= 15 is 0 Å². The number of carbonyl (C=O) groups is 2. The lowest BCUT2D eigenvalue weighted by Crippen LogP contribution is -2.40. The van der Waals surface area contributed by atoms with E-state index in [-0.39, 0.29) is 23.3 Å². The molecule has 0 aliphatic carbocycles. The summed E-state index contributed by atoms with van der Waals surface area (Å²) in [6.45, 7) is 3.75. The predicted octanol–water partition coefficient (Wildman–Crippen LogP) is 5.21. The molecule has 0 bridgehead atoms. The van der Waals surface area contributed by atoms with Crippen molar-refractivity contribution >= 4 is 35.0 Å². The SMILES string of the molecule is CCOC(=O)C1=C(c2ccccc2)N=c2s/c(=C\c3ccc(-c4cc(C(=O)O)ccc4C)o3)c(=O)n2[C@H]1c1ccc(OC)cc1. The minimum Gasteiger partial charge on any atom is -0.497 e. The van der Waals surface area contributed by atoms with Crippen LogP contribution in [0, 0.1) is 6.92 Å². The van der Waals surface area contributed by atoms with E-state index in [1.165, 1.54) is 15.9 Å². The molecule has 0 amide bonds. The molecule has 10 heteroatoms. The highest BCUT2D eigenvalue weighted by atomic mass is 32.1. The third-order valence-electron chi connectivity index (χ3n) is 7.46. The molecular weight excluding hydrogens is 592 g/mol. The minimum absolute atomic E-state index is 0.145. The Balaban J connectivity index is 1.54. The summed E-state index contributed by atoms with van der Waals surface area (Å²) in [6, 6.07) is 24.0. The van der Waals surface area contributed by atoms with Crippen LogP contribution in [0.1, 0.15) is 45.8 Å². The average molecular weight is 621 g/mol. The van der Waals surface area contributed by atoms with E-state index in [0.717, 1.165) is 5.56 Å². The summed E-state index contributed by atoms with van der Waals surface area (Å²) in [5.41, 5.74) is 3.36. The predicted molar refractivity (Wildman–Crippen MR) is 170 cm³/mol. The molecule has 2 aromatic heterocycles. The third kappa shape index (κ3) is 5.63. The number of aromatic carboxylic acids is 1. The Bertz CT molecular complexity index is 2140. The summed E-state index contributed by atoms with van der Waals surface area (Å²) in [4.78, 5) is 44.5. The highest BCUT2D eigenvalue weighted by Crippen LogP contribution is 2.36. The molecule has 226 valence electrons. The number of hydrogen-bond donors (Lipinski definition) is 1.